The predicted octanol–water partition coefficient (Wildman–Crippen LogP) is 2.63. The van der Waals surface area contributed by atoms with E-state index in [1.807, 2.05) is 30.3 Å². The van der Waals surface area contributed by atoms with Crippen LogP contribution in [0.2, 0.25) is 0 Å². The number of rotatable bonds is 6. The maximum Gasteiger partial charge on any atom is 0.229 e. The van der Waals surface area contributed by atoms with Crippen LogP contribution in [0, 0.1) is 0 Å². The van der Waals surface area contributed by atoms with E-state index in [1.165, 1.54) is 0 Å². The van der Waals surface area contributed by atoms with Gasteiger partial charge in [0.1, 0.15) is 0 Å². The molecule has 1 amide bonds. The van der Waals surface area contributed by atoms with Crippen molar-refractivity contribution >= 4 is 27.3 Å². The van der Waals surface area contributed by atoms with Crippen molar-refractivity contribution in [1.29, 1.82) is 0 Å². The highest BCUT2D eigenvalue weighted by Crippen LogP contribution is 2.22. The molecule has 0 aliphatic carbocycles. The number of amides is 1. The second-order valence-electron chi connectivity index (χ2n) is 4.95. The Balaban J connectivity index is 2.00. The Labute approximate surface area is 130 Å². The summed E-state index contributed by atoms with van der Waals surface area (Å²) < 4.78 is 25.0. The second kappa shape index (κ2) is 7.09. The molecule has 0 bridgehead atoms. The summed E-state index contributed by atoms with van der Waals surface area (Å²) in [5, 5.41) is 2.74. The molecule has 0 unspecified atom stereocenters. The Hall–Kier alpha value is -2.34. The smallest absolute Gasteiger partial charge is 0.229 e. The van der Waals surface area contributed by atoms with E-state index in [2.05, 4.69) is 10.0 Å². The van der Waals surface area contributed by atoms with Crippen LogP contribution in [-0.2, 0) is 21.2 Å². The number of carbonyl (C=O) groups is 1. The zero-order valence-corrected chi connectivity index (χ0v) is 13.1. The van der Waals surface area contributed by atoms with Gasteiger partial charge in [-0.3, -0.25) is 9.52 Å². The molecule has 0 aliphatic heterocycles. The normalized spacial score (nSPS) is 11.0. The van der Waals surface area contributed by atoms with Gasteiger partial charge in [0.2, 0.25) is 15.9 Å². The van der Waals surface area contributed by atoms with Gasteiger partial charge in [0.15, 0.2) is 0 Å². The SMILES string of the molecule is CS(=O)(=O)Nc1ccccc1NC(=O)CCc1ccccc1. The van der Waals surface area contributed by atoms with E-state index in [0.717, 1.165) is 11.8 Å². The predicted molar refractivity (Wildman–Crippen MR) is 88.3 cm³/mol. The number of carbonyl (C=O) groups excluding carboxylic acids is 1. The van der Waals surface area contributed by atoms with Crippen LogP contribution in [0.4, 0.5) is 11.4 Å². The van der Waals surface area contributed by atoms with Gasteiger partial charge in [-0.25, -0.2) is 8.42 Å². The lowest BCUT2D eigenvalue weighted by atomic mass is 10.1. The zero-order valence-electron chi connectivity index (χ0n) is 12.2. The summed E-state index contributed by atoms with van der Waals surface area (Å²) in [6.07, 6.45) is 2.03. The molecule has 22 heavy (non-hydrogen) atoms. The van der Waals surface area contributed by atoms with Crippen LogP contribution in [0.15, 0.2) is 54.6 Å². The second-order valence-corrected chi connectivity index (χ2v) is 6.70. The van der Waals surface area contributed by atoms with Crippen molar-refractivity contribution in [2.24, 2.45) is 0 Å². The number of hydrogen-bond donors (Lipinski definition) is 2. The highest BCUT2D eigenvalue weighted by Gasteiger charge is 2.09. The van der Waals surface area contributed by atoms with Gasteiger partial charge in [-0.2, -0.15) is 0 Å². The molecule has 2 aromatic carbocycles. The Morgan fingerprint density at radius 3 is 2.18 bits per heavy atom. The fourth-order valence-electron chi connectivity index (χ4n) is 2.00. The zero-order chi connectivity index (χ0) is 16.0. The number of nitrogens with one attached hydrogen (secondary N) is 2. The maximum absolute atomic E-state index is 12.0. The molecule has 5 nitrogen and oxygen atoms in total. The molecule has 2 rings (SSSR count). The number of para-hydroxylation sites is 2. The van der Waals surface area contributed by atoms with E-state index < -0.39 is 10.0 Å². The van der Waals surface area contributed by atoms with Crippen molar-refractivity contribution in [2.45, 2.75) is 12.8 Å². The molecule has 116 valence electrons. The lowest BCUT2D eigenvalue weighted by molar-refractivity contribution is -0.116. The van der Waals surface area contributed by atoms with Crippen LogP contribution in [-0.4, -0.2) is 20.6 Å². The molecule has 2 aromatic rings. The molecule has 0 atom stereocenters. The molecule has 0 spiro atoms. The van der Waals surface area contributed by atoms with E-state index in [-0.39, 0.29) is 5.91 Å². The summed E-state index contributed by atoms with van der Waals surface area (Å²) in [5.74, 6) is -0.161. The highest BCUT2D eigenvalue weighted by atomic mass is 32.2. The van der Waals surface area contributed by atoms with Crippen LogP contribution in [0.5, 0.6) is 0 Å². The number of benzene rings is 2. The van der Waals surface area contributed by atoms with Crippen molar-refractivity contribution in [1.82, 2.24) is 0 Å². The van der Waals surface area contributed by atoms with Gasteiger partial charge in [0.25, 0.3) is 0 Å². The summed E-state index contributed by atoms with van der Waals surface area (Å²) in [6.45, 7) is 0. The minimum absolute atomic E-state index is 0.161. The Morgan fingerprint density at radius 2 is 1.55 bits per heavy atom. The van der Waals surface area contributed by atoms with Crippen LogP contribution in [0.25, 0.3) is 0 Å². The van der Waals surface area contributed by atoms with Gasteiger partial charge in [-0.1, -0.05) is 42.5 Å². The number of aryl methyl sites for hydroxylation is 1. The van der Waals surface area contributed by atoms with Crippen molar-refractivity contribution < 1.29 is 13.2 Å². The molecule has 2 N–H and O–H groups in total. The van der Waals surface area contributed by atoms with E-state index in [0.29, 0.717) is 24.2 Å². The first-order valence-electron chi connectivity index (χ1n) is 6.84. The van der Waals surface area contributed by atoms with Crippen molar-refractivity contribution in [3.05, 3.63) is 60.2 Å². The van der Waals surface area contributed by atoms with Gasteiger partial charge in [0.05, 0.1) is 17.6 Å². The standard InChI is InChI=1S/C16H18N2O3S/c1-22(20,21)18-15-10-6-5-9-14(15)17-16(19)12-11-13-7-3-2-4-8-13/h2-10,18H,11-12H2,1H3,(H,17,19). The van der Waals surface area contributed by atoms with Gasteiger partial charge in [-0.05, 0) is 24.1 Å². The molecule has 6 heteroatoms. The van der Waals surface area contributed by atoms with Crippen LogP contribution in [0.1, 0.15) is 12.0 Å². The van der Waals surface area contributed by atoms with Crippen LogP contribution >= 0.6 is 0 Å². The molecule has 0 aromatic heterocycles. The van der Waals surface area contributed by atoms with Crippen LogP contribution in [0.3, 0.4) is 0 Å². The summed E-state index contributed by atoms with van der Waals surface area (Å²) in [5.41, 5.74) is 1.89. The number of sulfonamides is 1. The van der Waals surface area contributed by atoms with Crippen molar-refractivity contribution in [2.75, 3.05) is 16.3 Å². The minimum Gasteiger partial charge on any atom is -0.324 e. The topological polar surface area (TPSA) is 75.3 Å². The van der Waals surface area contributed by atoms with Gasteiger partial charge >= 0.3 is 0 Å². The van der Waals surface area contributed by atoms with Gasteiger partial charge < -0.3 is 5.32 Å². The summed E-state index contributed by atoms with van der Waals surface area (Å²) in [4.78, 5) is 12.0. The summed E-state index contributed by atoms with van der Waals surface area (Å²) in [6, 6.07) is 16.4. The lowest BCUT2D eigenvalue weighted by Crippen LogP contribution is -2.16. The van der Waals surface area contributed by atoms with E-state index >= 15 is 0 Å². The lowest BCUT2D eigenvalue weighted by Gasteiger charge is -2.11. The number of anilines is 2. The molecule has 0 aliphatic rings. The summed E-state index contributed by atoms with van der Waals surface area (Å²) in [7, 11) is -3.39. The largest absolute Gasteiger partial charge is 0.324 e. The van der Waals surface area contributed by atoms with E-state index in [1.54, 1.807) is 24.3 Å². The van der Waals surface area contributed by atoms with Crippen LogP contribution < -0.4 is 10.0 Å². The van der Waals surface area contributed by atoms with E-state index in [4.69, 9.17) is 0 Å². The quantitative estimate of drug-likeness (QED) is 0.859. The Morgan fingerprint density at radius 1 is 0.955 bits per heavy atom. The molecule has 0 radical (unpaired) electrons. The average Bonchev–Trinajstić information content (AvgIpc) is 2.47. The van der Waals surface area contributed by atoms with Crippen molar-refractivity contribution in [3.63, 3.8) is 0 Å². The van der Waals surface area contributed by atoms with Gasteiger partial charge in [-0.15, -0.1) is 0 Å². The molecule has 0 heterocycles. The fourth-order valence-corrected chi connectivity index (χ4v) is 2.57. The molecular formula is C16H18N2O3S. The average molecular weight is 318 g/mol. The third-order valence-electron chi connectivity index (χ3n) is 2.98. The van der Waals surface area contributed by atoms with Gasteiger partial charge in [0, 0.05) is 6.42 Å². The Bertz CT molecular complexity index is 743. The Kier molecular flexibility index (Phi) is 5.16. The molecular weight excluding hydrogens is 300 g/mol. The van der Waals surface area contributed by atoms with Crippen molar-refractivity contribution in [3.8, 4) is 0 Å². The first-order valence-corrected chi connectivity index (χ1v) is 8.74. The highest BCUT2D eigenvalue weighted by molar-refractivity contribution is 7.92. The summed E-state index contributed by atoms with van der Waals surface area (Å²) >= 11 is 0. The number of hydrogen-bond acceptors (Lipinski definition) is 3. The molecule has 0 saturated heterocycles. The molecule has 0 saturated carbocycles. The minimum atomic E-state index is -3.39. The third kappa shape index (κ3) is 5.21. The van der Waals surface area contributed by atoms with E-state index in [9.17, 15) is 13.2 Å². The fraction of sp³-hybridized carbons (Fsp3) is 0.188. The maximum atomic E-state index is 12.0. The molecule has 0 fully saturated rings. The first-order chi connectivity index (χ1) is 10.4. The first kappa shape index (κ1) is 16.0. The third-order valence-corrected chi connectivity index (χ3v) is 3.57. The monoisotopic (exact) mass is 318 g/mol.